The molecule has 0 amide bonds. The molecule has 8 heteroatoms. The molecule has 0 radical (unpaired) electrons. The van der Waals surface area contributed by atoms with Gasteiger partial charge in [-0.3, -0.25) is 4.79 Å². The second-order valence-electron chi connectivity index (χ2n) is 4.25. The van der Waals surface area contributed by atoms with E-state index in [4.69, 9.17) is 0 Å². The first kappa shape index (κ1) is 14.9. The van der Waals surface area contributed by atoms with Crippen molar-refractivity contribution in [3.05, 3.63) is 51.5 Å². The lowest BCUT2D eigenvalue weighted by Gasteiger charge is -2.23. The van der Waals surface area contributed by atoms with Crippen LogP contribution in [0.15, 0.2) is 39.5 Å². The third-order valence-corrected chi connectivity index (χ3v) is 6.24. The highest BCUT2D eigenvalue weighted by Crippen LogP contribution is 2.26. The Morgan fingerprint density at radius 1 is 1.30 bits per heavy atom. The minimum absolute atomic E-state index is 0.0426. The summed E-state index contributed by atoms with van der Waals surface area (Å²) in [5, 5.41) is 0. The fourth-order valence-electron chi connectivity index (χ4n) is 1.70. The number of halogens is 1. The number of hydrogen-bond acceptors (Lipinski definition) is 4. The monoisotopic (exact) mass is 316 g/mol. The molecule has 0 saturated carbocycles. The Hall–Kier alpha value is -1.51. The van der Waals surface area contributed by atoms with Gasteiger partial charge in [0.25, 0.3) is 10.0 Å². The Labute approximate surface area is 119 Å². The van der Waals surface area contributed by atoms with E-state index in [0.717, 1.165) is 4.31 Å². The normalized spacial score (nSPS) is 13.6. The number of nitrogens with zero attached hydrogens (tertiary/aromatic N) is 1. The van der Waals surface area contributed by atoms with E-state index in [1.54, 1.807) is 6.92 Å². The van der Waals surface area contributed by atoms with Crippen LogP contribution in [0.3, 0.4) is 0 Å². The molecule has 0 aliphatic heterocycles. The summed E-state index contributed by atoms with van der Waals surface area (Å²) >= 11 is 0.637. The van der Waals surface area contributed by atoms with Gasteiger partial charge in [-0.05, 0) is 24.6 Å². The quantitative estimate of drug-likeness (QED) is 0.937. The number of H-pyrrole nitrogens is 1. The van der Waals surface area contributed by atoms with Gasteiger partial charge in [0.1, 0.15) is 5.82 Å². The van der Waals surface area contributed by atoms with Crippen molar-refractivity contribution >= 4 is 21.4 Å². The second kappa shape index (κ2) is 5.47. The number of aromatic amines is 1. The molecule has 1 atom stereocenters. The first-order chi connectivity index (χ1) is 9.32. The van der Waals surface area contributed by atoms with Crippen molar-refractivity contribution in [3.8, 4) is 0 Å². The van der Waals surface area contributed by atoms with E-state index >= 15 is 0 Å². The fourth-order valence-corrected chi connectivity index (χ4v) is 4.15. The van der Waals surface area contributed by atoms with Crippen LogP contribution in [-0.2, 0) is 10.0 Å². The predicted molar refractivity (Wildman–Crippen MR) is 74.7 cm³/mol. The third-order valence-electron chi connectivity index (χ3n) is 3.03. The van der Waals surface area contributed by atoms with Crippen molar-refractivity contribution in [2.24, 2.45) is 0 Å². The number of sulfonamides is 1. The Balaban J connectivity index is 2.32. The minimum Gasteiger partial charge on any atom is -0.318 e. The van der Waals surface area contributed by atoms with Crippen molar-refractivity contribution in [2.45, 2.75) is 17.2 Å². The standard InChI is InChI=1S/C12H13FN2O3S2/c1-8(9-3-5-10(13)6-4-9)15(2)20(17,18)11-7-14-12(16)19-11/h3-8H,1-2H3,(H,14,16)/t8-/m1/s1. The lowest BCUT2D eigenvalue weighted by atomic mass is 10.1. The van der Waals surface area contributed by atoms with E-state index in [1.807, 2.05) is 0 Å². The molecule has 0 aliphatic carbocycles. The Kier molecular flexibility index (Phi) is 4.07. The number of hydrogen-bond donors (Lipinski definition) is 1. The number of benzene rings is 1. The maximum absolute atomic E-state index is 12.9. The Morgan fingerprint density at radius 3 is 2.40 bits per heavy atom. The van der Waals surface area contributed by atoms with Crippen LogP contribution in [0.1, 0.15) is 18.5 Å². The molecule has 0 saturated heterocycles. The molecular formula is C12H13FN2O3S2. The van der Waals surface area contributed by atoms with Gasteiger partial charge >= 0.3 is 4.87 Å². The van der Waals surface area contributed by atoms with Crippen LogP contribution in [0.2, 0.25) is 0 Å². The van der Waals surface area contributed by atoms with Gasteiger partial charge in [-0.25, -0.2) is 12.8 Å². The molecule has 2 rings (SSSR count). The van der Waals surface area contributed by atoms with Gasteiger partial charge in [-0.15, -0.1) is 0 Å². The molecule has 0 unspecified atom stereocenters. The zero-order valence-electron chi connectivity index (χ0n) is 10.8. The molecule has 1 N–H and O–H groups in total. The van der Waals surface area contributed by atoms with Crippen molar-refractivity contribution in [2.75, 3.05) is 7.05 Å². The molecule has 1 heterocycles. The summed E-state index contributed by atoms with van der Waals surface area (Å²) in [7, 11) is -2.32. The minimum atomic E-state index is -3.75. The maximum atomic E-state index is 12.9. The van der Waals surface area contributed by atoms with Crippen LogP contribution in [0, 0.1) is 5.82 Å². The van der Waals surface area contributed by atoms with E-state index in [0.29, 0.717) is 16.9 Å². The Bertz CT molecular complexity index is 750. The van der Waals surface area contributed by atoms with Crippen molar-refractivity contribution in [3.63, 3.8) is 0 Å². The maximum Gasteiger partial charge on any atom is 0.305 e. The number of rotatable bonds is 4. The lowest BCUT2D eigenvalue weighted by molar-refractivity contribution is 0.399. The van der Waals surface area contributed by atoms with Gasteiger partial charge < -0.3 is 4.98 Å². The van der Waals surface area contributed by atoms with E-state index in [9.17, 15) is 17.6 Å². The molecule has 1 aromatic carbocycles. The summed E-state index contributed by atoms with van der Waals surface area (Å²) in [4.78, 5) is 13.0. The van der Waals surface area contributed by atoms with E-state index in [-0.39, 0.29) is 10.0 Å². The first-order valence-electron chi connectivity index (χ1n) is 5.74. The van der Waals surface area contributed by atoms with Crippen LogP contribution in [0.25, 0.3) is 0 Å². The SMILES string of the molecule is C[C@H](c1ccc(F)cc1)N(C)S(=O)(=O)c1c[nH]c(=O)s1. The van der Waals surface area contributed by atoms with Crippen molar-refractivity contribution in [1.29, 1.82) is 0 Å². The van der Waals surface area contributed by atoms with Gasteiger partial charge in [0, 0.05) is 19.3 Å². The van der Waals surface area contributed by atoms with Crippen LogP contribution in [0.4, 0.5) is 4.39 Å². The molecule has 0 bridgehead atoms. The molecule has 5 nitrogen and oxygen atoms in total. The number of aromatic nitrogens is 1. The van der Waals surface area contributed by atoms with Gasteiger partial charge in [-0.2, -0.15) is 4.31 Å². The zero-order chi connectivity index (χ0) is 14.9. The summed E-state index contributed by atoms with van der Waals surface area (Å²) in [6.07, 6.45) is 1.18. The molecule has 20 heavy (non-hydrogen) atoms. The summed E-state index contributed by atoms with van der Waals surface area (Å²) in [6.45, 7) is 1.69. The highest BCUT2D eigenvalue weighted by Gasteiger charge is 2.27. The van der Waals surface area contributed by atoms with Gasteiger partial charge in [0.15, 0.2) is 4.21 Å². The van der Waals surface area contributed by atoms with Gasteiger partial charge in [0.05, 0.1) is 0 Å². The fraction of sp³-hybridized carbons (Fsp3) is 0.250. The van der Waals surface area contributed by atoms with Crippen molar-refractivity contribution < 1.29 is 12.8 Å². The predicted octanol–water partition coefficient (Wildman–Crippen LogP) is 1.96. The molecular weight excluding hydrogens is 303 g/mol. The largest absolute Gasteiger partial charge is 0.318 e. The average Bonchev–Trinajstić information content (AvgIpc) is 2.85. The molecule has 0 fully saturated rings. The summed E-state index contributed by atoms with van der Waals surface area (Å²) in [6, 6.07) is 5.15. The summed E-state index contributed by atoms with van der Waals surface area (Å²) in [5.41, 5.74) is 0.667. The summed E-state index contributed by atoms with van der Waals surface area (Å²) in [5.74, 6) is -0.379. The third kappa shape index (κ3) is 2.82. The summed E-state index contributed by atoms with van der Waals surface area (Å²) < 4.78 is 38.7. The molecule has 2 aromatic rings. The molecule has 1 aromatic heterocycles. The smallest absolute Gasteiger partial charge is 0.305 e. The van der Waals surface area contributed by atoms with Gasteiger partial charge in [0.2, 0.25) is 0 Å². The van der Waals surface area contributed by atoms with E-state index < -0.39 is 20.9 Å². The second-order valence-corrected chi connectivity index (χ2v) is 7.49. The Morgan fingerprint density at radius 2 is 1.90 bits per heavy atom. The number of thiazole rings is 1. The molecule has 0 aliphatic rings. The average molecular weight is 316 g/mol. The highest BCUT2D eigenvalue weighted by atomic mass is 32.2. The van der Waals surface area contributed by atoms with Crippen LogP contribution in [0.5, 0.6) is 0 Å². The zero-order valence-corrected chi connectivity index (χ0v) is 12.5. The topological polar surface area (TPSA) is 70.2 Å². The highest BCUT2D eigenvalue weighted by molar-refractivity contribution is 7.91. The van der Waals surface area contributed by atoms with Crippen molar-refractivity contribution in [1.82, 2.24) is 9.29 Å². The van der Waals surface area contributed by atoms with Crippen LogP contribution >= 0.6 is 11.3 Å². The molecule has 108 valence electrons. The van der Waals surface area contributed by atoms with E-state index in [1.165, 1.54) is 37.5 Å². The lowest BCUT2D eigenvalue weighted by Crippen LogP contribution is -2.29. The van der Waals surface area contributed by atoms with E-state index in [2.05, 4.69) is 4.98 Å². The molecule has 0 spiro atoms. The first-order valence-corrected chi connectivity index (χ1v) is 8.00. The van der Waals surface area contributed by atoms with Gasteiger partial charge in [-0.1, -0.05) is 23.5 Å². The number of nitrogens with one attached hydrogen (secondary N) is 1. The van der Waals surface area contributed by atoms with Crippen LogP contribution in [-0.4, -0.2) is 24.8 Å². The van der Waals surface area contributed by atoms with Crippen LogP contribution < -0.4 is 4.87 Å².